The van der Waals surface area contributed by atoms with E-state index in [0.717, 1.165) is 0 Å². The van der Waals surface area contributed by atoms with Crippen LogP contribution in [0.25, 0.3) is 0 Å². The minimum absolute atomic E-state index is 0.00939. The van der Waals surface area contributed by atoms with E-state index < -0.39 is 91.3 Å². The van der Waals surface area contributed by atoms with Gasteiger partial charge in [-0.25, -0.2) is 9.59 Å². The first-order chi connectivity index (χ1) is 20.2. The number of aliphatic hydroxyl groups is 2. The molecule has 5 atom stereocenters. The van der Waals surface area contributed by atoms with Crippen LogP contribution in [0.4, 0.5) is 4.79 Å². The number of hydrogen-bond donors (Lipinski definition) is 7. The topological polar surface area (TPSA) is 221 Å². The SMILES string of the molecule is CC(C)(C)OC(=O)N[C@@H](Cc1ccccc1)C(=O)N[C@@H](CC1(OCC(=O)O)C=CC=CC1C(=O)O)C(=O)NCC(O)CO. The fourth-order valence-electron chi connectivity index (χ4n) is 4.26. The monoisotopic (exact) mass is 605 g/mol. The highest BCUT2D eigenvalue weighted by Crippen LogP contribution is 2.34. The van der Waals surface area contributed by atoms with Gasteiger partial charge >= 0.3 is 18.0 Å². The molecule has 1 aliphatic carbocycles. The van der Waals surface area contributed by atoms with Crippen LogP contribution in [0, 0.1) is 5.92 Å². The zero-order valence-corrected chi connectivity index (χ0v) is 24.2. The van der Waals surface area contributed by atoms with Gasteiger partial charge in [0.05, 0.1) is 12.7 Å². The second-order valence-corrected chi connectivity index (χ2v) is 10.9. The van der Waals surface area contributed by atoms with Gasteiger partial charge in [0.15, 0.2) is 0 Å². The summed E-state index contributed by atoms with van der Waals surface area (Å²) >= 11 is 0. The molecule has 3 amide bonds. The van der Waals surface area contributed by atoms with E-state index in [1.807, 2.05) is 0 Å². The summed E-state index contributed by atoms with van der Waals surface area (Å²) in [7, 11) is 0. The number of aliphatic hydroxyl groups excluding tert-OH is 2. The number of amides is 3. The summed E-state index contributed by atoms with van der Waals surface area (Å²) in [6.07, 6.45) is 2.62. The van der Waals surface area contributed by atoms with Crippen molar-refractivity contribution in [3.63, 3.8) is 0 Å². The Balaban J connectivity index is 2.45. The van der Waals surface area contributed by atoms with Gasteiger partial charge in [-0.3, -0.25) is 14.4 Å². The summed E-state index contributed by atoms with van der Waals surface area (Å²) in [5.41, 5.74) is -2.11. The number of aliphatic carboxylic acids is 2. The molecule has 0 aromatic heterocycles. The Labute approximate surface area is 248 Å². The van der Waals surface area contributed by atoms with Crippen LogP contribution in [0.2, 0.25) is 0 Å². The summed E-state index contributed by atoms with van der Waals surface area (Å²) in [4.78, 5) is 63.1. The number of alkyl carbamates (subject to hydrolysis) is 1. The van der Waals surface area contributed by atoms with Crippen LogP contribution in [-0.2, 0) is 35.1 Å². The van der Waals surface area contributed by atoms with Crippen molar-refractivity contribution in [2.75, 3.05) is 19.8 Å². The summed E-state index contributed by atoms with van der Waals surface area (Å²) in [6.45, 7) is 2.93. The normalized spacial score (nSPS) is 19.9. The van der Waals surface area contributed by atoms with Crippen LogP contribution < -0.4 is 16.0 Å². The Bertz CT molecular complexity index is 1200. The predicted molar refractivity (Wildman–Crippen MR) is 152 cm³/mol. The van der Waals surface area contributed by atoms with Crippen molar-refractivity contribution in [3.8, 4) is 0 Å². The van der Waals surface area contributed by atoms with E-state index in [4.69, 9.17) is 14.6 Å². The van der Waals surface area contributed by atoms with Gasteiger partial charge < -0.3 is 45.9 Å². The van der Waals surface area contributed by atoms with E-state index in [0.29, 0.717) is 5.56 Å². The number of allylic oxidation sites excluding steroid dienone is 2. The van der Waals surface area contributed by atoms with Crippen molar-refractivity contribution in [1.82, 2.24) is 16.0 Å². The summed E-state index contributed by atoms with van der Waals surface area (Å²) < 4.78 is 10.9. The highest BCUT2D eigenvalue weighted by Gasteiger charge is 2.46. The van der Waals surface area contributed by atoms with Gasteiger partial charge in [-0.15, -0.1) is 0 Å². The maximum Gasteiger partial charge on any atom is 0.408 e. The number of hydrogen-bond acceptors (Lipinski definition) is 9. The fraction of sp³-hybridized carbons (Fsp3) is 0.483. The van der Waals surface area contributed by atoms with Gasteiger partial charge in [0.1, 0.15) is 35.8 Å². The third kappa shape index (κ3) is 11.5. The summed E-state index contributed by atoms with van der Waals surface area (Å²) in [5.74, 6) is -5.94. The zero-order valence-electron chi connectivity index (χ0n) is 24.2. The van der Waals surface area contributed by atoms with E-state index in [-0.39, 0.29) is 6.42 Å². The molecule has 0 heterocycles. The lowest BCUT2D eigenvalue weighted by molar-refractivity contribution is -0.160. The molecule has 0 radical (unpaired) electrons. The number of carbonyl (C=O) groups excluding carboxylic acids is 3. The Morgan fingerprint density at radius 2 is 1.65 bits per heavy atom. The molecule has 43 heavy (non-hydrogen) atoms. The molecule has 0 saturated heterocycles. The van der Waals surface area contributed by atoms with Crippen molar-refractivity contribution in [3.05, 3.63) is 60.2 Å². The number of rotatable bonds is 15. The third-order valence-electron chi connectivity index (χ3n) is 6.22. The standard InChI is InChI=1S/C29H39N3O11/c1-28(2,3)43-27(41)32-21(13-18-9-5-4-6-10-18)25(38)31-22(24(37)30-15-19(34)16-33)14-29(42-17-23(35)36)12-8-7-11-20(29)26(39)40/h4-12,19-22,33-34H,13-17H2,1-3H3,(H,30,37)(H,31,38)(H,32,41)(H,35,36)(H,39,40)/t19?,20?,21-,22-,29?/m0/s1. The average molecular weight is 606 g/mol. The highest BCUT2D eigenvalue weighted by atomic mass is 16.6. The van der Waals surface area contributed by atoms with Gasteiger partial charge in [0.25, 0.3) is 0 Å². The molecule has 0 bridgehead atoms. The lowest BCUT2D eigenvalue weighted by atomic mass is 9.78. The molecular formula is C29H39N3O11. The molecule has 236 valence electrons. The van der Waals surface area contributed by atoms with Crippen LogP contribution in [-0.4, -0.2) is 99.4 Å². The van der Waals surface area contributed by atoms with Crippen molar-refractivity contribution in [1.29, 1.82) is 0 Å². The number of nitrogens with one attached hydrogen (secondary N) is 3. The second kappa shape index (κ2) is 15.8. The maximum atomic E-state index is 13.7. The molecule has 0 aliphatic heterocycles. The van der Waals surface area contributed by atoms with Crippen LogP contribution in [0.3, 0.4) is 0 Å². The lowest BCUT2D eigenvalue weighted by Gasteiger charge is -2.38. The quantitative estimate of drug-likeness (QED) is 0.142. The third-order valence-corrected chi connectivity index (χ3v) is 6.22. The van der Waals surface area contributed by atoms with Crippen molar-refractivity contribution >= 4 is 29.8 Å². The molecule has 1 aliphatic rings. The Kier molecular flexibility index (Phi) is 12.8. The van der Waals surface area contributed by atoms with Crippen molar-refractivity contribution in [2.45, 2.75) is 63.0 Å². The maximum absolute atomic E-state index is 13.7. The molecule has 1 aromatic rings. The molecule has 0 saturated carbocycles. The minimum atomic E-state index is -1.89. The van der Waals surface area contributed by atoms with E-state index in [2.05, 4.69) is 16.0 Å². The highest BCUT2D eigenvalue weighted by molar-refractivity contribution is 5.91. The van der Waals surface area contributed by atoms with Crippen LogP contribution in [0.15, 0.2) is 54.6 Å². The summed E-state index contributed by atoms with van der Waals surface area (Å²) in [6, 6.07) is 5.87. The fourth-order valence-corrected chi connectivity index (χ4v) is 4.26. The van der Waals surface area contributed by atoms with Crippen molar-refractivity contribution in [2.24, 2.45) is 5.92 Å². The van der Waals surface area contributed by atoms with Gasteiger partial charge in [0.2, 0.25) is 11.8 Å². The number of benzene rings is 1. The first kappa shape index (κ1) is 34.9. The van der Waals surface area contributed by atoms with E-state index in [9.17, 15) is 39.3 Å². The van der Waals surface area contributed by atoms with Gasteiger partial charge in [-0.05, 0) is 26.3 Å². The smallest absolute Gasteiger partial charge is 0.408 e. The minimum Gasteiger partial charge on any atom is -0.481 e. The molecule has 0 fully saturated rings. The average Bonchev–Trinajstić information content (AvgIpc) is 2.93. The molecule has 14 heteroatoms. The lowest BCUT2D eigenvalue weighted by Crippen LogP contribution is -2.58. The van der Waals surface area contributed by atoms with E-state index in [1.165, 1.54) is 24.3 Å². The van der Waals surface area contributed by atoms with Crippen molar-refractivity contribution < 1.29 is 53.9 Å². The molecule has 7 N–H and O–H groups in total. The zero-order chi connectivity index (χ0) is 32.2. The number of carboxylic acid groups (broad SMARTS) is 2. The summed E-state index contributed by atoms with van der Waals surface area (Å²) in [5, 5.41) is 45.5. The molecular weight excluding hydrogens is 566 g/mol. The number of carbonyl (C=O) groups is 5. The second-order valence-electron chi connectivity index (χ2n) is 10.9. The number of ether oxygens (including phenoxy) is 2. The molecule has 3 unspecified atom stereocenters. The Morgan fingerprint density at radius 1 is 0.977 bits per heavy atom. The Hall–Kier alpha value is -4.27. The largest absolute Gasteiger partial charge is 0.481 e. The molecule has 14 nitrogen and oxygen atoms in total. The molecule has 2 rings (SSSR count). The number of carboxylic acids is 2. The van der Waals surface area contributed by atoms with Gasteiger partial charge in [0, 0.05) is 19.4 Å². The first-order valence-corrected chi connectivity index (χ1v) is 13.5. The Morgan fingerprint density at radius 3 is 2.23 bits per heavy atom. The molecule has 0 spiro atoms. The van der Waals surface area contributed by atoms with Crippen LogP contribution in [0.1, 0.15) is 32.8 Å². The van der Waals surface area contributed by atoms with Gasteiger partial charge in [-0.2, -0.15) is 0 Å². The first-order valence-electron chi connectivity index (χ1n) is 13.5. The molecule has 1 aromatic carbocycles. The predicted octanol–water partition coefficient (Wildman–Crippen LogP) is 0.134. The van der Waals surface area contributed by atoms with E-state index in [1.54, 1.807) is 51.1 Å². The van der Waals surface area contributed by atoms with Crippen LogP contribution >= 0.6 is 0 Å². The van der Waals surface area contributed by atoms with Crippen LogP contribution in [0.5, 0.6) is 0 Å². The van der Waals surface area contributed by atoms with E-state index >= 15 is 0 Å². The van der Waals surface area contributed by atoms with Gasteiger partial charge in [-0.1, -0.05) is 54.6 Å².